The first-order valence-corrected chi connectivity index (χ1v) is 6.14. The van der Waals surface area contributed by atoms with Crippen LogP contribution in [0, 0.1) is 0 Å². The molecule has 2 N–H and O–H groups in total. The molecule has 0 saturated heterocycles. The minimum atomic E-state index is 0.0849. The van der Waals surface area contributed by atoms with E-state index in [1.807, 2.05) is 6.08 Å². The van der Waals surface area contributed by atoms with Crippen LogP contribution in [0.5, 0.6) is 0 Å². The Morgan fingerprint density at radius 1 is 1.35 bits per heavy atom. The Labute approximate surface area is 103 Å². The quantitative estimate of drug-likeness (QED) is 0.801. The van der Waals surface area contributed by atoms with E-state index in [9.17, 15) is 0 Å². The summed E-state index contributed by atoms with van der Waals surface area (Å²) in [5.41, 5.74) is 8.67. The van der Waals surface area contributed by atoms with Gasteiger partial charge in [-0.1, -0.05) is 42.5 Å². The lowest BCUT2D eigenvalue weighted by molar-refractivity contribution is 0.295. The summed E-state index contributed by atoms with van der Waals surface area (Å²) >= 11 is 0. The fourth-order valence-electron chi connectivity index (χ4n) is 2.16. The van der Waals surface area contributed by atoms with Crippen molar-refractivity contribution >= 4 is 5.57 Å². The van der Waals surface area contributed by atoms with Crippen molar-refractivity contribution in [3.63, 3.8) is 0 Å². The zero-order valence-corrected chi connectivity index (χ0v) is 10.2. The molecule has 0 saturated carbocycles. The van der Waals surface area contributed by atoms with Crippen LogP contribution in [0.3, 0.4) is 0 Å². The van der Waals surface area contributed by atoms with Crippen LogP contribution in [0.4, 0.5) is 0 Å². The molecule has 0 fully saturated rings. The van der Waals surface area contributed by atoms with Crippen molar-refractivity contribution in [3.8, 4) is 0 Å². The van der Waals surface area contributed by atoms with Gasteiger partial charge in [0.05, 0.1) is 0 Å². The van der Waals surface area contributed by atoms with Gasteiger partial charge in [0.25, 0.3) is 0 Å². The normalized spacial score (nSPS) is 18.5. The molecule has 0 radical (unpaired) electrons. The zero-order valence-electron chi connectivity index (χ0n) is 10.2. The predicted molar refractivity (Wildman–Crippen MR) is 73.6 cm³/mol. The molecule has 0 bridgehead atoms. The summed E-state index contributed by atoms with van der Waals surface area (Å²) in [6.45, 7) is 6.70. The third kappa shape index (κ3) is 3.29. The lowest BCUT2D eigenvalue weighted by atomic mass is 9.99. The van der Waals surface area contributed by atoms with Crippen LogP contribution < -0.4 is 5.73 Å². The molecule has 1 heterocycles. The second kappa shape index (κ2) is 5.80. The van der Waals surface area contributed by atoms with Gasteiger partial charge in [0.1, 0.15) is 0 Å². The molecule has 2 heteroatoms. The Kier molecular flexibility index (Phi) is 4.13. The Balaban J connectivity index is 1.96. The van der Waals surface area contributed by atoms with Gasteiger partial charge in [0, 0.05) is 25.7 Å². The molecule has 1 aromatic rings. The smallest absolute Gasteiger partial charge is 0.0351 e. The molecule has 1 aliphatic heterocycles. The van der Waals surface area contributed by atoms with Gasteiger partial charge < -0.3 is 5.73 Å². The number of nitrogens with zero attached hydrogens (tertiary/aromatic N) is 1. The van der Waals surface area contributed by atoms with Crippen molar-refractivity contribution < 1.29 is 0 Å². The molecule has 0 aliphatic carbocycles. The van der Waals surface area contributed by atoms with E-state index >= 15 is 0 Å². The summed E-state index contributed by atoms with van der Waals surface area (Å²) in [5.74, 6) is 0. The molecule has 1 atom stereocenters. The Bertz CT molecular complexity index is 395. The van der Waals surface area contributed by atoms with E-state index in [-0.39, 0.29) is 6.04 Å². The second-order valence-corrected chi connectivity index (χ2v) is 4.50. The third-order valence-electron chi connectivity index (χ3n) is 3.21. The van der Waals surface area contributed by atoms with Gasteiger partial charge in [-0.3, -0.25) is 4.90 Å². The maximum atomic E-state index is 5.87. The van der Waals surface area contributed by atoms with Crippen molar-refractivity contribution in [1.29, 1.82) is 0 Å². The van der Waals surface area contributed by atoms with E-state index in [0.29, 0.717) is 0 Å². The van der Waals surface area contributed by atoms with Crippen LogP contribution in [0.2, 0.25) is 0 Å². The molecule has 17 heavy (non-hydrogen) atoms. The van der Waals surface area contributed by atoms with Crippen molar-refractivity contribution in [1.82, 2.24) is 4.90 Å². The Morgan fingerprint density at radius 3 is 2.71 bits per heavy atom. The van der Waals surface area contributed by atoms with Gasteiger partial charge in [-0.2, -0.15) is 0 Å². The van der Waals surface area contributed by atoms with Crippen molar-refractivity contribution in [2.45, 2.75) is 12.5 Å². The van der Waals surface area contributed by atoms with E-state index in [1.54, 1.807) is 0 Å². The summed E-state index contributed by atoms with van der Waals surface area (Å²) in [4.78, 5) is 2.37. The minimum absolute atomic E-state index is 0.0849. The highest BCUT2D eigenvalue weighted by Crippen LogP contribution is 2.21. The Morgan fingerprint density at radius 2 is 2.12 bits per heavy atom. The average molecular weight is 228 g/mol. The maximum Gasteiger partial charge on any atom is 0.0351 e. The largest absolute Gasteiger partial charge is 0.323 e. The average Bonchev–Trinajstić information content (AvgIpc) is 2.40. The predicted octanol–water partition coefficient (Wildman–Crippen LogP) is 2.29. The van der Waals surface area contributed by atoms with Crippen LogP contribution in [0.25, 0.3) is 5.57 Å². The first-order chi connectivity index (χ1) is 8.29. The molecular formula is C15H20N2. The zero-order chi connectivity index (χ0) is 12.1. The molecule has 1 aliphatic rings. The third-order valence-corrected chi connectivity index (χ3v) is 3.21. The summed E-state index contributed by atoms with van der Waals surface area (Å²) in [6.07, 6.45) is 5.24. The van der Waals surface area contributed by atoms with Gasteiger partial charge in [0.15, 0.2) is 0 Å². The molecule has 2 rings (SSSR count). The van der Waals surface area contributed by atoms with E-state index in [1.165, 1.54) is 11.1 Å². The number of hydrogen-bond donors (Lipinski definition) is 1. The van der Waals surface area contributed by atoms with Crippen LogP contribution >= 0.6 is 0 Å². The van der Waals surface area contributed by atoms with Gasteiger partial charge in [-0.05, 0) is 17.6 Å². The fraction of sp³-hybridized carbons (Fsp3) is 0.333. The van der Waals surface area contributed by atoms with Gasteiger partial charge in [-0.25, -0.2) is 0 Å². The summed E-state index contributed by atoms with van der Waals surface area (Å²) < 4.78 is 0. The topological polar surface area (TPSA) is 29.3 Å². The number of hydrogen-bond acceptors (Lipinski definition) is 2. The highest BCUT2D eigenvalue weighted by atomic mass is 15.1. The fourth-order valence-corrected chi connectivity index (χ4v) is 2.16. The number of rotatable bonds is 4. The molecule has 0 aromatic heterocycles. The molecule has 90 valence electrons. The van der Waals surface area contributed by atoms with Crippen molar-refractivity contribution in [3.05, 3.63) is 54.6 Å². The standard InChI is InChI=1S/C15H20N2/c1-2-15(16)12-17-10-8-14(9-11-17)13-6-4-3-5-7-13/h2-8,15H,1,9-12,16H2. The monoisotopic (exact) mass is 228 g/mol. The molecule has 1 aromatic carbocycles. The van der Waals surface area contributed by atoms with Gasteiger partial charge >= 0.3 is 0 Å². The van der Waals surface area contributed by atoms with Crippen molar-refractivity contribution in [2.24, 2.45) is 5.73 Å². The number of nitrogens with two attached hydrogens (primary N) is 1. The van der Waals surface area contributed by atoms with E-state index in [4.69, 9.17) is 5.73 Å². The second-order valence-electron chi connectivity index (χ2n) is 4.50. The van der Waals surface area contributed by atoms with Crippen molar-refractivity contribution in [2.75, 3.05) is 19.6 Å². The summed E-state index contributed by atoms with van der Waals surface area (Å²) in [5, 5.41) is 0. The van der Waals surface area contributed by atoms with Gasteiger partial charge in [0.2, 0.25) is 0 Å². The van der Waals surface area contributed by atoms with Gasteiger partial charge in [-0.15, -0.1) is 6.58 Å². The summed E-state index contributed by atoms with van der Waals surface area (Å²) in [6, 6.07) is 10.7. The van der Waals surface area contributed by atoms with E-state index < -0.39 is 0 Å². The first kappa shape index (κ1) is 12.1. The van der Waals surface area contributed by atoms with Crippen LogP contribution in [0.1, 0.15) is 12.0 Å². The highest BCUT2D eigenvalue weighted by molar-refractivity contribution is 5.66. The minimum Gasteiger partial charge on any atom is -0.323 e. The molecule has 2 nitrogen and oxygen atoms in total. The lowest BCUT2D eigenvalue weighted by Crippen LogP contribution is -2.38. The van der Waals surface area contributed by atoms with E-state index in [2.05, 4.69) is 47.9 Å². The summed E-state index contributed by atoms with van der Waals surface area (Å²) in [7, 11) is 0. The molecular weight excluding hydrogens is 208 g/mol. The van der Waals surface area contributed by atoms with Crippen LogP contribution in [-0.2, 0) is 0 Å². The molecule has 0 spiro atoms. The maximum absolute atomic E-state index is 5.87. The van der Waals surface area contributed by atoms with Crippen LogP contribution in [-0.4, -0.2) is 30.6 Å². The SMILES string of the molecule is C=CC(N)CN1CC=C(c2ccccc2)CC1. The molecule has 0 amide bonds. The van der Waals surface area contributed by atoms with Crippen LogP contribution in [0.15, 0.2) is 49.1 Å². The highest BCUT2D eigenvalue weighted by Gasteiger charge is 2.13. The van der Waals surface area contributed by atoms with E-state index in [0.717, 1.165) is 26.1 Å². The number of benzene rings is 1. The molecule has 1 unspecified atom stereocenters. The first-order valence-electron chi connectivity index (χ1n) is 6.14. The Hall–Kier alpha value is -1.38. The lowest BCUT2D eigenvalue weighted by Gasteiger charge is -2.27.